The molecule has 1 aromatic rings. The van der Waals surface area contributed by atoms with Crippen molar-refractivity contribution in [1.29, 1.82) is 0 Å². The molecule has 0 amide bonds. The van der Waals surface area contributed by atoms with Crippen LogP contribution in [0.15, 0.2) is 12.1 Å². The summed E-state index contributed by atoms with van der Waals surface area (Å²) in [7, 11) is 1.37. The zero-order valence-corrected chi connectivity index (χ0v) is 10.2. The van der Waals surface area contributed by atoms with Crippen LogP contribution in [0.5, 0.6) is 5.75 Å². The number of benzene rings is 1. The van der Waals surface area contributed by atoms with Gasteiger partial charge in [0.1, 0.15) is 18.2 Å². The zero-order valence-electron chi connectivity index (χ0n) is 10.2. The van der Waals surface area contributed by atoms with E-state index in [9.17, 15) is 17.6 Å². The minimum atomic E-state index is -4.37. The molecule has 0 saturated heterocycles. The molecule has 0 aliphatic carbocycles. The Morgan fingerprint density at radius 3 is 2.58 bits per heavy atom. The number of alkyl halides is 3. The van der Waals surface area contributed by atoms with E-state index in [0.29, 0.717) is 0 Å². The molecule has 1 rings (SSSR count). The topological polar surface area (TPSA) is 56.5 Å². The molecule has 108 valence electrons. The maximum Gasteiger partial charge on any atom is 0.411 e. The van der Waals surface area contributed by atoms with Gasteiger partial charge in [0.25, 0.3) is 0 Å². The summed E-state index contributed by atoms with van der Waals surface area (Å²) in [6.45, 7) is -1.51. The lowest BCUT2D eigenvalue weighted by atomic mass is 10.2. The number of hydrogen-bond donors (Lipinski definition) is 2. The van der Waals surface area contributed by atoms with E-state index in [-0.39, 0.29) is 30.3 Å². The monoisotopic (exact) mass is 282 g/mol. The summed E-state index contributed by atoms with van der Waals surface area (Å²) in [6, 6.07) is 2.40. The molecule has 0 fully saturated rings. The lowest BCUT2D eigenvalue weighted by Crippen LogP contribution is -2.20. The summed E-state index contributed by atoms with van der Waals surface area (Å²) < 4.78 is 58.1. The molecule has 0 spiro atoms. The number of rotatable bonds is 6. The second-order valence-electron chi connectivity index (χ2n) is 3.67. The van der Waals surface area contributed by atoms with E-state index in [0.717, 1.165) is 6.07 Å². The van der Waals surface area contributed by atoms with Crippen molar-refractivity contribution in [2.24, 2.45) is 0 Å². The van der Waals surface area contributed by atoms with E-state index >= 15 is 0 Å². The molecule has 0 radical (unpaired) electrons. The van der Waals surface area contributed by atoms with Crippen LogP contribution >= 0.6 is 0 Å². The smallest absolute Gasteiger partial charge is 0.411 e. The van der Waals surface area contributed by atoms with Gasteiger partial charge in [-0.05, 0) is 0 Å². The van der Waals surface area contributed by atoms with Crippen LogP contribution in [0.1, 0.15) is 0 Å². The van der Waals surface area contributed by atoms with E-state index in [1.807, 2.05) is 0 Å². The highest BCUT2D eigenvalue weighted by Crippen LogP contribution is 2.28. The van der Waals surface area contributed by atoms with Crippen LogP contribution < -0.4 is 15.8 Å². The van der Waals surface area contributed by atoms with Crippen molar-refractivity contribution in [3.05, 3.63) is 17.9 Å². The van der Waals surface area contributed by atoms with E-state index < -0.39 is 18.6 Å². The van der Waals surface area contributed by atoms with Gasteiger partial charge in [-0.3, -0.25) is 0 Å². The van der Waals surface area contributed by atoms with Gasteiger partial charge in [-0.15, -0.1) is 0 Å². The first-order valence-electron chi connectivity index (χ1n) is 5.35. The molecular weight excluding hydrogens is 268 g/mol. The fourth-order valence-corrected chi connectivity index (χ4v) is 1.33. The molecule has 0 saturated carbocycles. The van der Waals surface area contributed by atoms with E-state index in [2.05, 4.69) is 10.1 Å². The molecule has 0 aliphatic heterocycles. The average Bonchev–Trinajstić information content (AvgIpc) is 2.29. The highest BCUT2D eigenvalue weighted by Gasteiger charge is 2.27. The Bertz CT molecular complexity index is 424. The zero-order chi connectivity index (χ0) is 14.5. The number of hydrogen-bond acceptors (Lipinski definition) is 4. The molecule has 4 nitrogen and oxygen atoms in total. The number of nitrogens with two attached hydrogens (primary N) is 1. The Morgan fingerprint density at radius 2 is 2.00 bits per heavy atom. The first kappa shape index (κ1) is 15.4. The van der Waals surface area contributed by atoms with Crippen molar-refractivity contribution >= 4 is 11.4 Å². The lowest BCUT2D eigenvalue weighted by molar-refractivity contribution is -0.172. The highest BCUT2D eigenvalue weighted by atomic mass is 19.4. The molecule has 19 heavy (non-hydrogen) atoms. The fraction of sp³-hybridized carbons (Fsp3) is 0.455. The number of nitrogens with one attached hydrogen (secondary N) is 1. The largest absolute Gasteiger partial charge is 0.495 e. The van der Waals surface area contributed by atoms with Crippen LogP contribution in [0.4, 0.5) is 28.9 Å². The lowest BCUT2D eigenvalue weighted by Gasteiger charge is -2.12. The Kier molecular flexibility index (Phi) is 5.22. The van der Waals surface area contributed by atoms with Crippen molar-refractivity contribution in [3.8, 4) is 5.75 Å². The van der Waals surface area contributed by atoms with Crippen LogP contribution in [0.25, 0.3) is 0 Å². The summed E-state index contributed by atoms with van der Waals surface area (Å²) in [6.07, 6.45) is -4.37. The minimum absolute atomic E-state index is 0.0278. The number of nitrogen functional groups attached to an aromatic ring is 1. The van der Waals surface area contributed by atoms with Gasteiger partial charge in [-0.1, -0.05) is 0 Å². The van der Waals surface area contributed by atoms with Crippen molar-refractivity contribution in [3.63, 3.8) is 0 Å². The Morgan fingerprint density at radius 1 is 1.32 bits per heavy atom. The van der Waals surface area contributed by atoms with Crippen molar-refractivity contribution in [1.82, 2.24) is 0 Å². The standard InChI is InChI=1S/C11H14F4N2O2/c1-18-10-5-9(7(12)4-8(10)16)17-2-3-19-6-11(13,14)15/h4-5,17H,2-3,6,16H2,1H3. The molecule has 1 aromatic carbocycles. The molecule has 0 aliphatic rings. The van der Waals surface area contributed by atoms with Gasteiger partial charge < -0.3 is 20.5 Å². The van der Waals surface area contributed by atoms with E-state index in [1.165, 1.54) is 13.2 Å². The van der Waals surface area contributed by atoms with Crippen molar-refractivity contribution in [2.45, 2.75) is 6.18 Å². The number of anilines is 2. The highest BCUT2D eigenvalue weighted by molar-refractivity contribution is 5.62. The third-order valence-corrected chi connectivity index (χ3v) is 2.15. The SMILES string of the molecule is COc1cc(NCCOCC(F)(F)F)c(F)cc1N. The van der Waals surface area contributed by atoms with Crippen molar-refractivity contribution < 1.29 is 27.0 Å². The molecule has 0 aromatic heterocycles. The maximum absolute atomic E-state index is 13.4. The predicted molar refractivity (Wildman–Crippen MR) is 62.7 cm³/mol. The molecule has 0 atom stereocenters. The van der Waals surface area contributed by atoms with E-state index in [1.54, 1.807) is 0 Å². The Hall–Kier alpha value is -1.70. The fourth-order valence-electron chi connectivity index (χ4n) is 1.33. The number of ether oxygens (including phenoxy) is 2. The normalized spacial score (nSPS) is 11.4. The van der Waals surface area contributed by atoms with Crippen LogP contribution in [0, 0.1) is 5.82 Å². The summed E-state index contributed by atoms with van der Waals surface area (Å²) >= 11 is 0. The summed E-state index contributed by atoms with van der Waals surface area (Å²) in [4.78, 5) is 0. The van der Waals surface area contributed by atoms with Gasteiger partial charge in [0.2, 0.25) is 0 Å². The molecular formula is C11H14F4N2O2. The van der Waals surface area contributed by atoms with E-state index in [4.69, 9.17) is 10.5 Å². The maximum atomic E-state index is 13.4. The second kappa shape index (κ2) is 6.46. The molecule has 0 heterocycles. The molecule has 3 N–H and O–H groups in total. The third-order valence-electron chi connectivity index (χ3n) is 2.15. The minimum Gasteiger partial charge on any atom is -0.495 e. The molecule has 0 unspecified atom stereocenters. The van der Waals surface area contributed by atoms with Crippen LogP contribution in [0.2, 0.25) is 0 Å². The first-order valence-corrected chi connectivity index (χ1v) is 5.35. The van der Waals surface area contributed by atoms with Crippen molar-refractivity contribution in [2.75, 3.05) is 37.9 Å². The third kappa shape index (κ3) is 5.21. The summed E-state index contributed by atoms with van der Waals surface area (Å²) in [5.41, 5.74) is 5.71. The quantitative estimate of drug-likeness (QED) is 0.478. The number of methoxy groups -OCH3 is 1. The van der Waals surface area contributed by atoms with Crippen LogP contribution in [0.3, 0.4) is 0 Å². The summed E-state index contributed by atoms with van der Waals surface area (Å²) in [5, 5.41) is 2.60. The second-order valence-corrected chi connectivity index (χ2v) is 3.67. The molecule has 0 bridgehead atoms. The van der Waals surface area contributed by atoms with Gasteiger partial charge in [-0.2, -0.15) is 13.2 Å². The Labute approximate surface area is 107 Å². The van der Waals surface area contributed by atoms with Gasteiger partial charge in [0.05, 0.1) is 25.1 Å². The van der Waals surface area contributed by atoms with Crippen LogP contribution in [-0.4, -0.2) is 33.0 Å². The number of halogens is 4. The van der Waals surface area contributed by atoms with Gasteiger partial charge in [-0.25, -0.2) is 4.39 Å². The Balaban J connectivity index is 2.45. The molecule has 8 heteroatoms. The first-order chi connectivity index (χ1) is 8.83. The van der Waals surface area contributed by atoms with Gasteiger partial charge >= 0.3 is 6.18 Å². The van der Waals surface area contributed by atoms with Crippen LogP contribution in [-0.2, 0) is 4.74 Å². The predicted octanol–water partition coefficient (Wildman–Crippen LogP) is 2.41. The van der Waals surface area contributed by atoms with Gasteiger partial charge in [0, 0.05) is 18.7 Å². The average molecular weight is 282 g/mol. The van der Waals surface area contributed by atoms with Gasteiger partial charge in [0.15, 0.2) is 0 Å². The summed E-state index contributed by atoms with van der Waals surface area (Å²) in [5.74, 6) is -0.339.